The van der Waals surface area contributed by atoms with Gasteiger partial charge in [-0.25, -0.2) is 0 Å². The highest BCUT2D eigenvalue weighted by molar-refractivity contribution is 5.84. The zero-order valence-corrected chi connectivity index (χ0v) is 16.0. The van der Waals surface area contributed by atoms with Crippen LogP contribution in [0, 0.1) is 0 Å². The molecule has 0 bridgehead atoms. The molecule has 3 aromatic rings. The van der Waals surface area contributed by atoms with Crippen molar-refractivity contribution in [2.24, 2.45) is 0 Å². The molecule has 1 N–H and O–H groups in total. The predicted octanol–water partition coefficient (Wildman–Crippen LogP) is 5.15. The van der Waals surface area contributed by atoms with Crippen LogP contribution in [-0.2, 0) is 6.42 Å². The second-order valence-electron chi connectivity index (χ2n) is 7.39. The van der Waals surface area contributed by atoms with Crippen LogP contribution >= 0.6 is 0 Å². The third-order valence-corrected chi connectivity index (χ3v) is 5.56. The predicted molar refractivity (Wildman–Crippen MR) is 113 cm³/mol. The second-order valence-corrected chi connectivity index (χ2v) is 7.39. The number of methoxy groups -OCH3 is 1. The number of H-pyrrole nitrogens is 1. The maximum Gasteiger partial charge on any atom is 0.120 e. The fourth-order valence-electron chi connectivity index (χ4n) is 4.04. The number of nitrogens with zero attached hydrogens (tertiary/aromatic N) is 1. The number of rotatable bonds is 7. The molecule has 0 spiro atoms. The van der Waals surface area contributed by atoms with E-state index in [1.165, 1.54) is 35.9 Å². The highest BCUT2D eigenvalue weighted by Gasteiger charge is 2.16. The summed E-state index contributed by atoms with van der Waals surface area (Å²) in [6.07, 6.45) is 10.4. The summed E-state index contributed by atoms with van der Waals surface area (Å²) in [5.41, 5.74) is 4.00. The third kappa shape index (κ3) is 4.25. The van der Waals surface area contributed by atoms with Gasteiger partial charge in [-0.05, 0) is 49.1 Å². The zero-order chi connectivity index (χ0) is 18.5. The Labute approximate surface area is 161 Å². The third-order valence-electron chi connectivity index (χ3n) is 5.56. The Morgan fingerprint density at radius 1 is 1.11 bits per heavy atom. The first-order chi connectivity index (χ1) is 13.3. The van der Waals surface area contributed by atoms with Gasteiger partial charge in [-0.3, -0.25) is 4.90 Å². The number of aryl methyl sites for hydroxylation is 1. The molecule has 4 rings (SSSR count). The van der Waals surface area contributed by atoms with Gasteiger partial charge in [0.2, 0.25) is 0 Å². The van der Waals surface area contributed by atoms with Crippen LogP contribution in [0.1, 0.15) is 29.9 Å². The van der Waals surface area contributed by atoms with E-state index in [4.69, 9.17) is 4.74 Å². The first-order valence-corrected chi connectivity index (χ1v) is 9.91. The maximum atomic E-state index is 5.31. The SMILES string of the molecule is COc1ccc2c(CCCCN3CC=CC(c4ccccc4)C3)c[nH]c2c1. The van der Waals surface area contributed by atoms with Crippen molar-refractivity contribution in [2.45, 2.75) is 25.2 Å². The van der Waals surface area contributed by atoms with E-state index < -0.39 is 0 Å². The van der Waals surface area contributed by atoms with E-state index in [1.54, 1.807) is 7.11 Å². The van der Waals surface area contributed by atoms with Crippen molar-refractivity contribution in [1.82, 2.24) is 9.88 Å². The molecule has 140 valence electrons. The summed E-state index contributed by atoms with van der Waals surface area (Å²) in [6.45, 7) is 3.38. The Hall–Kier alpha value is -2.52. The van der Waals surface area contributed by atoms with Crippen molar-refractivity contribution in [3.63, 3.8) is 0 Å². The molecule has 1 aromatic heterocycles. The topological polar surface area (TPSA) is 28.3 Å². The molecule has 1 aliphatic heterocycles. The van der Waals surface area contributed by atoms with Gasteiger partial charge in [0.1, 0.15) is 5.75 Å². The van der Waals surface area contributed by atoms with Crippen LogP contribution < -0.4 is 4.74 Å². The number of aromatic amines is 1. The van der Waals surface area contributed by atoms with Crippen LogP contribution in [0.15, 0.2) is 66.9 Å². The van der Waals surface area contributed by atoms with E-state index in [0.717, 1.165) is 30.8 Å². The highest BCUT2D eigenvalue weighted by Crippen LogP contribution is 2.25. The summed E-state index contributed by atoms with van der Waals surface area (Å²) in [4.78, 5) is 5.96. The molecule has 1 unspecified atom stereocenters. The second kappa shape index (κ2) is 8.45. The minimum absolute atomic E-state index is 0.531. The molecule has 2 heterocycles. The quantitative estimate of drug-likeness (QED) is 0.466. The van der Waals surface area contributed by atoms with Crippen LogP contribution in [0.5, 0.6) is 5.75 Å². The molecule has 0 aliphatic carbocycles. The number of benzene rings is 2. The van der Waals surface area contributed by atoms with Crippen LogP contribution in [-0.4, -0.2) is 36.6 Å². The molecule has 0 saturated heterocycles. The van der Waals surface area contributed by atoms with Crippen LogP contribution in [0.2, 0.25) is 0 Å². The summed E-state index contributed by atoms with van der Waals surface area (Å²) in [5, 5.41) is 1.32. The summed E-state index contributed by atoms with van der Waals surface area (Å²) >= 11 is 0. The molecule has 3 heteroatoms. The average molecular weight is 361 g/mol. The fraction of sp³-hybridized carbons (Fsp3) is 0.333. The lowest BCUT2D eigenvalue weighted by Crippen LogP contribution is -2.32. The van der Waals surface area contributed by atoms with Crippen LogP contribution in [0.3, 0.4) is 0 Å². The molecule has 27 heavy (non-hydrogen) atoms. The number of unbranched alkanes of at least 4 members (excludes halogenated alkanes) is 1. The molecule has 1 atom stereocenters. The van der Waals surface area contributed by atoms with Crippen molar-refractivity contribution >= 4 is 10.9 Å². The van der Waals surface area contributed by atoms with Crippen molar-refractivity contribution in [3.8, 4) is 5.75 Å². The molecular weight excluding hydrogens is 332 g/mol. The monoisotopic (exact) mass is 360 g/mol. The van der Waals surface area contributed by atoms with E-state index in [-0.39, 0.29) is 0 Å². The molecule has 3 nitrogen and oxygen atoms in total. The summed E-state index contributed by atoms with van der Waals surface area (Å²) in [5.74, 6) is 1.44. The lowest BCUT2D eigenvalue weighted by molar-refractivity contribution is 0.278. The number of nitrogens with one attached hydrogen (secondary N) is 1. The van der Waals surface area contributed by atoms with Crippen molar-refractivity contribution in [2.75, 3.05) is 26.7 Å². The van der Waals surface area contributed by atoms with Gasteiger partial charge in [0, 0.05) is 42.2 Å². The number of aromatic nitrogens is 1. The minimum Gasteiger partial charge on any atom is -0.497 e. The van der Waals surface area contributed by atoms with Crippen molar-refractivity contribution < 1.29 is 4.74 Å². The first kappa shape index (κ1) is 17.9. The lowest BCUT2D eigenvalue weighted by Gasteiger charge is -2.29. The Morgan fingerprint density at radius 3 is 2.85 bits per heavy atom. The Morgan fingerprint density at radius 2 is 2.00 bits per heavy atom. The Balaban J connectivity index is 1.27. The Bertz CT molecular complexity index is 897. The van der Waals surface area contributed by atoms with E-state index in [2.05, 4.69) is 70.7 Å². The van der Waals surface area contributed by atoms with Gasteiger partial charge in [-0.2, -0.15) is 0 Å². The highest BCUT2D eigenvalue weighted by atomic mass is 16.5. The molecule has 1 aliphatic rings. The van der Waals surface area contributed by atoms with E-state index in [0.29, 0.717) is 5.92 Å². The van der Waals surface area contributed by atoms with Gasteiger partial charge in [0.25, 0.3) is 0 Å². The summed E-state index contributed by atoms with van der Waals surface area (Å²) < 4.78 is 5.31. The van der Waals surface area contributed by atoms with Crippen LogP contribution in [0.25, 0.3) is 10.9 Å². The molecule has 0 radical (unpaired) electrons. The number of hydrogen-bond donors (Lipinski definition) is 1. The number of ether oxygens (including phenoxy) is 1. The van der Waals surface area contributed by atoms with Gasteiger partial charge in [-0.1, -0.05) is 42.5 Å². The molecule has 0 amide bonds. The molecular formula is C24H28N2O. The smallest absolute Gasteiger partial charge is 0.120 e. The van der Waals surface area contributed by atoms with Crippen molar-refractivity contribution in [1.29, 1.82) is 0 Å². The number of hydrogen-bond acceptors (Lipinski definition) is 2. The summed E-state index contributed by atoms with van der Waals surface area (Å²) in [7, 11) is 1.71. The van der Waals surface area contributed by atoms with Gasteiger partial charge in [0.05, 0.1) is 7.11 Å². The Kier molecular flexibility index (Phi) is 5.59. The molecule has 0 saturated carbocycles. The minimum atomic E-state index is 0.531. The van der Waals surface area contributed by atoms with Crippen molar-refractivity contribution in [3.05, 3.63) is 78.0 Å². The molecule has 0 fully saturated rings. The largest absolute Gasteiger partial charge is 0.497 e. The average Bonchev–Trinajstić information content (AvgIpc) is 3.14. The van der Waals surface area contributed by atoms with Gasteiger partial charge < -0.3 is 9.72 Å². The van der Waals surface area contributed by atoms with Crippen LogP contribution in [0.4, 0.5) is 0 Å². The fourth-order valence-corrected chi connectivity index (χ4v) is 4.04. The van der Waals surface area contributed by atoms with Gasteiger partial charge in [-0.15, -0.1) is 0 Å². The lowest BCUT2D eigenvalue weighted by atomic mass is 9.95. The van der Waals surface area contributed by atoms with Gasteiger partial charge >= 0.3 is 0 Å². The van der Waals surface area contributed by atoms with E-state index in [1.807, 2.05) is 6.07 Å². The first-order valence-electron chi connectivity index (χ1n) is 9.91. The standard InChI is InChI=1S/C24H28N2O/c1-27-22-12-13-23-20(17-25-24(23)16-22)10-5-6-14-26-15-7-11-21(18-26)19-8-3-2-4-9-19/h2-4,7-9,11-13,16-17,21,25H,5-6,10,14-15,18H2,1H3. The van der Waals surface area contributed by atoms with Gasteiger partial charge in [0.15, 0.2) is 0 Å². The summed E-state index contributed by atoms with van der Waals surface area (Å²) in [6, 6.07) is 17.1. The normalized spacial score (nSPS) is 17.4. The number of fused-ring (bicyclic) bond motifs is 1. The maximum absolute atomic E-state index is 5.31. The zero-order valence-electron chi connectivity index (χ0n) is 16.0. The molecule has 2 aromatic carbocycles. The van der Waals surface area contributed by atoms with E-state index in [9.17, 15) is 0 Å². The van der Waals surface area contributed by atoms with E-state index >= 15 is 0 Å².